The van der Waals surface area contributed by atoms with Crippen LogP contribution in [-0.2, 0) is 38.1 Å². The number of fused-ring (bicyclic) bond motifs is 1. The van der Waals surface area contributed by atoms with Crippen LogP contribution >= 0.6 is 11.6 Å². The van der Waals surface area contributed by atoms with Gasteiger partial charge >= 0.3 is 0 Å². The minimum Gasteiger partial charge on any atom is -0.506 e. The molecule has 0 unspecified atom stereocenters. The predicted octanol–water partition coefficient (Wildman–Crippen LogP) is 8.79. The van der Waals surface area contributed by atoms with Crippen molar-refractivity contribution in [2.75, 3.05) is 70.5 Å². The number of phenolic OH excluding ortho intramolecular Hbond substituents is 1. The van der Waals surface area contributed by atoms with Crippen molar-refractivity contribution in [1.82, 2.24) is 25.1 Å². The van der Waals surface area contributed by atoms with E-state index in [9.17, 15) is 14.7 Å². The van der Waals surface area contributed by atoms with Crippen LogP contribution in [0.15, 0.2) is 65.6 Å². The Bertz CT molecular complexity index is 2270. The van der Waals surface area contributed by atoms with Crippen LogP contribution in [0.1, 0.15) is 101 Å². The van der Waals surface area contributed by atoms with Gasteiger partial charge in [-0.3, -0.25) is 14.5 Å². The number of rotatable bonds is 19. The monoisotopic (exact) mass is 929 g/mol. The molecule has 354 valence electrons. The average Bonchev–Trinajstić information content (AvgIpc) is 3.82. The molecule has 1 spiro atoms. The number of aromatic nitrogens is 2. The molecule has 3 aliphatic rings. The van der Waals surface area contributed by atoms with Gasteiger partial charge in [-0.25, -0.2) is 4.98 Å². The number of nitrogens with zero attached hydrogens (tertiary/aromatic N) is 4. The van der Waals surface area contributed by atoms with E-state index in [0.29, 0.717) is 51.2 Å². The first kappa shape index (κ1) is 49.1. The van der Waals surface area contributed by atoms with Gasteiger partial charge in [0, 0.05) is 81.1 Å². The van der Waals surface area contributed by atoms with E-state index in [0.717, 1.165) is 117 Å². The summed E-state index contributed by atoms with van der Waals surface area (Å²) in [6, 6.07) is 17.6. The molecule has 4 aromatic rings. The zero-order chi connectivity index (χ0) is 46.2. The van der Waals surface area contributed by atoms with E-state index in [2.05, 4.69) is 101 Å². The van der Waals surface area contributed by atoms with Gasteiger partial charge in [0.2, 0.25) is 11.5 Å². The number of morpholine rings is 1. The summed E-state index contributed by atoms with van der Waals surface area (Å²) in [5.41, 5.74) is 4.42. The highest BCUT2D eigenvalue weighted by Crippen LogP contribution is 2.41. The molecule has 2 aromatic heterocycles. The number of aromatic amines is 1. The second-order valence-electron chi connectivity index (χ2n) is 20.0. The average molecular weight is 930 g/mol. The van der Waals surface area contributed by atoms with Crippen LogP contribution in [0.2, 0.25) is 23.2 Å². The summed E-state index contributed by atoms with van der Waals surface area (Å²) in [4.78, 5) is 40.4. The second kappa shape index (κ2) is 21.9. The number of nitrogens with one attached hydrogen (secondary N) is 2. The predicted molar refractivity (Wildman–Crippen MR) is 264 cm³/mol. The molecule has 1 amide bonds. The number of pyridine rings is 2. The molecule has 1 aliphatic carbocycles. The normalized spacial score (nSPS) is 17.9. The Morgan fingerprint density at radius 2 is 1.85 bits per heavy atom. The number of hydrogen-bond acceptors (Lipinski definition) is 10. The molecule has 0 radical (unpaired) electrons. The third-order valence-electron chi connectivity index (χ3n) is 14.5. The molecule has 12 nitrogen and oxygen atoms in total. The number of hydrogen-bond donors (Lipinski definition) is 3. The van der Waals surface area contributed by atoms with Crippen molar-refractivity contribution in [3.63, 3.8) is 0 Å². The number of carbonyl (C=O) groups is 1. The van der Waals surface area contributed by atoms with Crippen LogP contribution in [0.25, 0.3) is 10.9 Å². The molecule has 1 saturated carbocycles. The van der Waals surface area contributed by atoms with Gasteiger partial charge in [-0.05, 0) is 103 Å². The Kier molecular flexibility index (Phi) is 16.5. The molecule has 4 heterocycles. The third kappa shape index (κ3) is 12.4. The van der Waals surface area contributed by atoms with Gasteiger partial charge in [0.1, 0.15) is 11.6 Å². The molecule has 3 fully saturated rings. The molecule has 0 bridgehead atoms. The van der Waals surface area contributed by atoms with Crippen molar-refractivity contribution in [2.24, 2.45) is 0 Å². The van der Waals surface area contributed by atoms with E-state index in [1.807, 2.05) is 12.3 Å². The highest BCUT2D eigenvalue weighted by molar-refractivity contribution is 6.74. The quantitative estimate of drug-likeness (QED) is 0.0620. The van der Waals surface area contributed by atoms with Crippen LogP contribution in [-0.4, -0.2) is 116 Å². The maximum absolute atomic E-state index is 13.8. The number of aromatic hydroxyl groups is 1. The zero-order valence-corrected chi connectivity index (χ0v) is 41.5. The number of phenols is 1. The van der Waals surface area contributed by atoms with Crippen LogP contribution < -0.4 is 15.8 Å². The Hall–Kier alpha value is -3.82. The van der Waals surface area contributed by atoms with E-state index in [-0.39, 0.29) is 40.0 Å². The summed E-state index contributed by atoms with van der Waals surface area (Å²) >= 11 is 7.05. The van der Waals surface area contributed by atoms with Crippen molar-refractivity contribution in [1.29, 1.82) is 0 Å². The number of benzene rings is 2. The van der Waals surface area contributed by atoms with E-state index < -0.39 is 8.32 Å². The summed E-state index contributed by atoms with van der Waals surface area (Å²) in [5, 5.41) is 15.8. The lowest BCUT2D eigenvalue weighted by atomic mass is 9.89. The number of amides is 1. The van der Waals surface area contributed by atoms with E-state index in [4.69, 9.17) is 25.5 Å². The molecule has 14 heteroatoms. The highest BCUT2D eigenvalue weighted by atomic mass is 35.5. The second-order valence-corrected chi connectivity index (χ2v) is 25.1. The first-order valence-electron chi connectivity index (χ1n) is 24.1. The highest BCUT2D eigenvalue weighted by Gasteiger charge is 2.41. The van der Waals surface area contributed by atoms with Crippen molar-refractivity contribution < 1.29 is 23.8 Å². The molecular formula is C51H73ClN6O6Si. The molecular weight excluding hydrogens is 856 g/mol. The van der Waals surface area contributed by atoms with Gasteiger partial charge < -0.3 is 39.1 Å². The lowest BCUT2D eigenvalue weighted by Gasteiger charge is -2.47. The van der Waals surface area contributed by atoms with Crippen LogP contribution in [0, 0.1) is 0 Å². The number of likely N-dealkylation sites (tertiary alicyclic amines) is 1. The van der Waals surface area contributed by atoms with E-state index in [1.54, 1.807) is 12.1 Å². The number of aryl methyl sites for hydroxylation is 1. The van der Waals surface area contributed by atoms with Crippen LogP contribution in [0.3, 0.4) is 0 Å². The zero-order valence-electron chi connectivity index (χ0n) is 39.7. The minimum absolute atomic E-state index is 0.0241. The Balaban J connectivity index is 0.879. The lowest BCUT2D eigenvalue weighted by Crippen LogP contribution is -2.57. The van der Waals surface area contributed by atoms with Crippen LogP contribution in [0.5, 0.6) is 5.75 Å². The Morgan fingerprint density at radius 3 is 2.60 bits per heavy atom. The molecule has 2 aliphatic heterocycles. The molecule has 1 atom stereocenters. The number of carbonyl (C=O) groups excluding carboxylic acids is 1. The maximum Gasteiger partial charge on any atom is 0.248 e. The lowest BCUT2D eigenvalue weighted by molar-refractivity contribution is -0.134. The standard InChI is InChI=1S/C51H73ClN6O6Si/c1-7-37-19-24-54-45(33-37)57-29-32-63-51(36-57)22-26-56(27-23-51)35-39-12-10-11-38(48(39)52)20-30-62-31-21-47(61)58(40-13-8-9-14-40)28-25-53-34-44(64-65(5,6)50(2,3)4)41-15-17-43(59)49-42(41)16-18-46(60)55-49/h10-12,15-19,24,33,40,44,53,59H,7-9,13-14,20-23,25-32,34-36H2,1-6H3,(H,55,60)/t44-/m0/s1. The third-order valence-corrected chi connectivity index (χ3v) is 19.5. The fourth-order valence-electron chi connectivity index (χ4n) is 9.54. The number of ether oxygens (including phenoxy) is 2. The first-order chi connectivity index (χ1) is 31.1. The number of H-pyrrole nitrogens is 1. The molecule has 2 saturated heterocycles. The van der Waals surface area contributed by atoms with Gasteiger partial charge in [-0.1, -0.05) is 76.4 Å². The van der Waals surface area contributed by atoms with Gasteiger partial charge in [0.15, 0.2) is 8.32 Å². The number of piperidine rings is 1. The Labute approximate surface area is 392 Å². The van der Waals surface area contributed by atoms with Gasteiger partial charge in [-0.15, -0.1) is 0 Å². The topological polar surface area (TPSA) is 132 Å². The summed E-state index contributed by atoms with van der Waals surface area (Å²) in [7, 11) is -2.23. The van der Waals surface area contributed by atoms with Crippen molar-refractivity contribution in [2.45, 2.75) is 128 Å². The molecule has 2 aromatic carbocycles. The fourth-order valence-corrected chi connectivity index (χ4v) is 11.1. The first-order valence-corrected chi connectivity index (χ1v) is 27.4. The van der Waals surface area contributed by atoms with Gasteiger partial charge in [-0.2, -0.15) is 0 Å². The smallest absolute Gasteiger partial charge is 0.248 e. The largest absolute Gasteiger partial charge is 0.506 e. The van der Waals surface area contributed by atoms with E-state index >= 15 is 0 Å². The van der Waals surface area contributed by atoms with Crippen molar-refractivity contribution in [3.05, 3.63) is 98.4 Å². The number of anilines is 1. The fraction of sp³-hybridized carbons (Fsp3) is 0.588. The van der Waals surface area contributed by atoms with Gasteiger partial charge in [0.25, 0.3) is 0 Å². The summed E-state index contributed by atoms with van der Waals surface area (Å²) in [5.74, 6) is 1.21. The summed E-state index contributed by atoms with van der Waals surface area (Å²) in [6.07, 6.45) is 9.89. The number of halogens is 1. The molecule has 7 rings (SSSR count). The Morgan fingerprint density at radius 1 is 1.08 bits per heavy atom. The van der Waals surface area contributed by atoms with Gasteiger partial charge in [0.05, 0.1) is 43.5 Å². The van der Waals surface area contributed by atoms with Crippen molar-refractivity contribution in [3.8, 4) is 5.75 Å². The van der Waals surface area contributed by atoms with Crippen LogP contribution in [0.4, 0.5) is 5.82 Å². The van der Waals surface area contributed by atoms with Crippen molar-refractivity contribution >= 4 is 42.5 Å². The van der Waals surface area contributed by atoms with E-state index in [1.165, 1.54) is 11.6 Å². The summed E-state index contributed by atoms with van der Waals surface area (Å²) < 4.78 is 19.6. The molecule has 3 N–H and O–H groups in total. The minimum atomic E-state index is -2.23. The summed E-state index contributed by atoms with van der Waals surface area (Å²) in [6.45, 7) is 21.1. The SMILES string of the molecule is CCc1ccnc(N2CCOC3(CCN(Cc4cccc(CCOCCC(=O)N(CCNC[C@H](O[Si](C)(C)C(C)(C)C)c5ccc(O)c6[nH]c(=O)ccc56)C5CCCC5)c4Cl)CC3)C2)c1. The molecule has 65 heavy (non-hydrogen) atoms. The maximum atomic E-state index is 13.8.